The molecular weight excluding hydrogens is 730 g/mol. The van der Waals surface area contributed by atoms with Gasteiger partial charge in [0.15, 0.2) is 17.6 Å². The number of methoxy groups -OCH3 is 3. The molecule has 1 aliphatic carbocycles. The Labute approximate surface area is 308 Å². The first kappa shape index (κ1) is 41.5. The second-order valence-electron chi connectivity index (χ2n) is 12.0. The van der Waals surface area contributed by atoms with Gasteiger partial charge in [-0.3, -0.25) is 4.79 Å². The fraction of sp³-hybridized carbons (Fsp3) is 0.486. The van der Waals surface area contributed by atoms with Crippen molar-refractivity contribution < 1.29 is 58.2 Å². The Morgan fingerprint density at radius 3 is 2.22 bits per heavy atom. The van der Waals surface area contributed by atoms with E-state index in [2.05, 4.69) is 21.2 Å². The van der Waals surface area contributed by atoms with Crippen LogP contribution in [-0.4, -0.2) is 62.3 Å². The first-order valence-corrected chi connectivity index (χ1v) is 17.4. The van der Waals surface area contributed by atoms with Crippen LogP contribution in [0.25, 0.3) is 11.1 Å². The second kappa shape index (κ2) is 20.8. The molecule has 51 heavy (non-hydrogen) atoms. The Balaban J connectivity index is 0.000000276. The van der Waals surface area contributed by atoms with Gasteiger partial charge in [0.05, 0.1) is 27.4 Å². The van der Waals surface area contributed by atoms with Crippen LogP contribution in [0.4, 0.5) is 0 Å². The van der Waals surface area contributed by atoms with Gasteiger partial charge in [0.2, 0.25) is 11.7 Å². The zero-order valence-electron chi connectivity index (χ0n) is 30.6. The first-order valence-electron chi connectivity index (χ1n) is 16.5. The quantitative estimate of drug-likeness (QED) is 0.0644. The predicted octanol–water partition coefficient (Wildman–Crippen LogP) is 7.52. The van der Waals surface area contributed by atoms with Gasteiger partial charge in [0.1, 0.15) is 48.4 Å². The zero-order chi connectivity index (χ0) is 37.5. The third-order valence-electron chi connectivity index (χ3n) is 7.90. The Bertz CT molecular complexity index is 1510. The number of nitrogens with one attached hydrogen (secondary N) is 1. The number of fused-ring (bicyclic) bond motifs is 3. The second-order valence-corrected chi connectivity index (χ2v) is 12.9. The number of amides is 1. The molecule has 0 spiro atoms. The van der Waals surface area contributed by atoms with E-state index in [1.54, 1.807) is 45.6 Å². The standard InChI is InChI=1S/C20H23NO5.C17H27BrO7/c1-11(22)21-16-8-5-12-9-17(24-2)19(25-3)20(26-4)18(12)14-7-6-13(23)10-15(14)16;1-6-8-19-24-15-13(5)17(18)23-14(11-22-21-10-12(3)4)16(15)25-20-9-7-2/h6-7,9-10,16,23H,5,8H2,1-4H3,(H,21,22);6-10,13-17H,11H2,1-5H3/b;8-6+,9-7+/t16-;13-,14-,15-,16-,17+/m01/s1. The molecule has 1 amide bonds. The van der Waals surface area contributed by atoms with E-state index in [9.17, 15) is 9.90 Å². The van der Waals surface area contributed by atoms with Crippen LogP contribution in [0, 0.1) is 5.92 Å². The molecule has 2 N–H and O–H groups in total. The van der Waals surface area contributed by atoms with Crippen LogP contribution >= 0.6 is 15.9 Å². The van der Waals surface area contributed by atoms with Gasteiger partial charge in [-0.15, -0.1) is 0 Å². The number of carbonyl (C=O) groups is 1. The van der Waals surface area contributed by atoms with Crippen molar-refractivity contribution in [2.24, 2.45) is 5.92 Å². The molecule has 6 atom stereocenters. The maximum Gasteiger partial charge on any atom is 0.217 e. The van der Waals surface area contributed by atoms with Crippen molar-refractivity contribution in [3.05, 3.63) is 71.9 Å². The first-order chi connectivity index (χ1) is 24.5. The molecule has 2 aromatic carbocycles. The highest BCUT2D eigenvalue weighted by Crippen LogP contribution is 2.50. The predicted molar refractivity (Wildman–Crippen MR) is 193 cm³/mol. The average molecular weight is 781 g/mol. The normalized spacial score (nSPS) is 22.4. The number of allylic oxidation sites excluding steroid dienone is 3. The van der Waals surface area contributed by atoms with Crippen LogP contribution in [-0.2, 0) is 45.3 Å². The highest BCUT2D eigenvalue weighted by atomic mass is 79.9. The molecule has 1 aliphatic heterocycles. The molecule has 0 saturated carbocycles. The summed E-state index contributed by atoms with van der Waals surface area (Å²) in [5.74, 6) is 1.67. The number of hydrogen-bond donors (Lipinski definition) is 2. The van der Waals surface area contributed by atoms with Crippen LogP contribution in [0.1, 0.15) is 65.1 Å². The number of phenols is 1. The maximum absolute atomic E-state index is 11.7. The van der Waals surface area contributed by atoms with Gasteiger partial charge in [0, 0.05) is 18.4 Å². The summed E-state index contributed by atoms with van der Waals surface area (Å²) in [6, 6.07) is 6.92. The SMILES string of the molecule is C/C=C/OO[C@@H]1[C@@H](C)[C@@H](Br)O[C@H](COOC=C(C)C)[C@H]1OO/C=C/C.COc1cc2c(c(OC)c1OC)-c1ccc(O)cc1[C@@H](NC(C)=O)CC2. The van der Waals surface area contributed by atoms with E-state index in [4.69, 9.17) is 48.3 Å². The molecule has 2 aliphatic rings. The van der Waals surface area contributed by atoms with Gasteiger partial charge >= 0.3 is 0 Å². The molecule has 282 valence electrons. The largest absolute Gasteiger partial charge is 0.508 e. The molecule has 0 aromatic heterocycles. The summed E-state index contributed by atoms with van der Waals surface area (Å²) in [6.07, 6.45) is 7.64. The summed E-state index contributed by atoms with van der Waals surface area (Å²) in [7, 11) is 4.75. The van der Waals surface area contributed by atoms with E-state index in [-0.39, 0.29) is 35.2 Å². The van der Waals surface area contributed by atoms with E-state index in [1.165, 1.54) is 25.7 Å². The maximum atomic E-state index is 11.7. The molecule has 13 nitrogen and oxygen atoms in total. The smallest absolute Gasteiger partial charge is 0.217 e. The van der Waals surface area contributed by atoms with Crippen molar-refractivity contribution in [1.29, 1.82) is 0 Å². The van der Waals surface area contributed by atoms with Crippen molar-refractivity contribution in [2.75, 3.05) is 27.9 Å². The van der Waals surface area contributed by atoms with Crippen LogP contribution < -0.4 is 19.5 Å². The Kier molecular flexibility index (Phi) is 16.9. The van der Waals surface area contributed by atoms with E-state index >= 15 is 0 Å². The molecule has 1 heterocycles. The highest BCUT2D eigenvalue weighted by molar-refractivity contribution is 9.09. The number of ether oxygens (including phenoxy) is 4. The number of hydrogen-bond acceptors (Lipinski definition) is 12. The molecular formula is C37H50BrNO12. The van der Waals surface area contributed by atoms with Crippen LogP contribution in [0.3, 0.4) is 0 Å². The van der Waals surface area contributed by atoms with E-state index in [0.29, 0.717) is 30.1 Å². The molecule has 2 aromatic rings. The number of aryl methyl sites for hydroxylation is 1. The lowest BCUT2D eigenvalue weighted by Crippen LogP contribution is -2.55. The van der Waals surface area contributed by atoms with Crippen molar-refractivity contribution in [1.82, 2.24) is 5.32 Å². The number of phenolic OH excluding ortho intramolecular Hbond substituents is 1. The molecule has 14 heteroatoms. The van der Waals surface area contributed by atoms with Gasteiger partial charge in [-0.25, -0.2) is 0 Å². The summed E-state index contributed by atoms with van der Waals surface area (Å²) in [6.45, 7) is 11.0. The summed E-state index contributed by atoms with van der Waals surface area (Å²) >= 11 is 3.49. The lowest BCUT2D eigenvalue weighted by atomic mass is 9.93. The number of alkyl halides is 1. The van der Waals surface area contributed by atoms with Crippen LogP contribution in [0.15, 0.2) is 60.8 Å². The van der Waals surface area contributed by atoms with Crippen molar-refractivity contribution in [3.8, 4) is 34.1 Å². The third kappa shape index (κ3) is 11.3. The topological polar surface area (TPSA) is 142 Å². The molecule has 1 saturated heterocycles. The summed E-state index contributed by atoms with van der Waals surface area (Å²) < 4.78 is 22.6. The molecule has 4 rings (SSSR count). The van der Waals surface area contributed by atoms with Gasteiger partial charge in [0.25, 0.3) is 0 Å². The Morgan fingerprint density at radius 1 is 0.961 bits per heavy atom. The van der Waals surface area contributed by atoms with Crippen LogP contribution in [0.2, 0.25) is 0 Å². The minimum Gasteiger partial charge on any atom is -0.508 e. The Hall–Kier alpha value is -3.95. The zero-order valence-corrected chi connectivity index (χ0v) is 32.2. The number of rotatable bonds is 14. The Morgan fingerprint density at radius 2 is 1.63 bits per heavy atom. The fourth-order valence-electron chi connectivity index (χ4n) is 5.58. The number of benzene rings is 2. The van der Waals surface area contributed by atoms with E-state index in [0.717, 1.165) is 27.8 Å². The van der Waals surface area contributed by atoms with Crippen molar-refractivity contribution in [2.45, 2.75) is 83.8 Å². The fourth-order valence-corrected chi connectivity index (χ4v) is 6.16. The minimum atomic E-state index is -0.597. The monoisotopic (exact) mass is 779 g/mol. The number of halogens is 1. The molecule has 0 radical (unpaired) electrons. The summed E-state index contributed by atoms with van der Waals surface area (Å²) in [4.78, 5) is 43.0. The average Bonchev–Trinajstić information content (AvgIpc) is 3.24. The summed E-state index contributed by atoms with van der Waals surface area (Å²) in [5, 5.41) is 12.7. The van der Waals surface area contributed by atoms with Gasteiger partial charge < -0.3 is 44.0 Å². The molecule has 1 fully saturated rings. The van der Waals surface area contributed by atoms with Gasteiger partial charge in [-0.2, -0.15) is 14.7 Å². The van der Waals surface area contributed by atoms with Crippen LogP contribution in [0.5, 0.6) is 23.0 Å². The van der Waals surface area contributed by atoms with Gasteiger partial charge in [-0.1, -0.05) is 28.9 Å². The lowest BCUT2D eigenvalue weighted by molar-refractivity contribution is -0.402. The number of carbonyl (C=O) groups excluding carboxylic acids is 1. The van der Waals surface area contributed by atoms with E-state index < -0.39 is 18.3 Å². The number of aromatic hydroxyl groups is 1. The minimum absolute atomic E-state index is 0.0700. The molecule has 0 bridgehead atoms. The van der Waals surface area contributed by atoms with Crippen molar-refractivity contribution in [3.63, 3.8) is 0 Å². The highest BCUT2D eigenvalue weighted by Gasteiger charge is 2.47. The third-order valence-corrected chi connectivity index (χ3v) is 8.95. The van der Waals surface area contributed by atoms with Gasteiger partial charge in [-0.05, 0) is 93.2 Å². The molecule has 0 unspecified atom stereocenters. The van der Waals surface area contributed by atoms with E-state index in [1.807, 2.05) is 46.8 Å². The summed E-state index contributed by atoms with van der Waals surface area (Å²) in [5.41, 5.74) is 4.66. The van der Waals surface area contributed by atoms with Crippen molar-refractivity contribution >= 4 is 21.8 Å². The lowest BCUT2D eigenvalue weighted by Gasteiger charge is -2.40.